The highest BCUT2D eigenvalue weighted by atomic mass is 16.6. The zero-order valence-electron chi connectivity index (χ0n) is 9.59. The molecule has 5 heteroatoms. The first-order chi connectivity index (χ1) is 7.65. The Morgan fingerprint density at radius 1 is 1.75 bits per heavy atom. The van der Waals surface area contributed by atoms with Gasteiger partial charge in [0.15, 0.2) is 0 Å². The molecular weight excluding hydrogens is 206 g/mol. The summed E-state index contributed by atoms with van der Waals surface area (Å²) >= 11 is 0. The minimum atomic E-state index is -0.166. The molecule has 0 radical (unpaired) electrons. The molecule has 0 aromatic carbocycles. The summed E-state index contributed by atoms with van der Waals surface area (Å²) < 4.78 is 6.93. The Hall–Kier alpha value is -1.36. The lowest BCUT2D eigenvalue weighted by molar-refractivity contribution is -0.142. The third kappa shape index (κ3) is 2.61. The van der Waals surface area contributed by atoms with Crippen molar-refractivity contribution >= 4 is 5.97 Å². The van der Waals surface area contributed by atoms with Gasteiger partial charge in [0.25, 0.3) is 0 Å². The largest absolute Gasteiger partial charge is 0.461 e. The maximum atomic E-state index is 11.4. The zero-order chi connectivity index (χ0) is 11.5. The van der Waals surface area contributed by atoms with Crippen LogP contribution in [0.5, 0.6) is 0 Å². The van der Waals surface area contributed by atoms with Gasteiger partial charge in [-0.15, -0.1) is 0 Å². The van der Waals surface area contributed by atoms with Crippen LogP contribution in [0, 0.1) is 0 Å². The molecule has 1 saturated heterocycles. The van der Waals surface area contributed by atoms with Gasteiger partial charge in [-0.25, -0.2) is 0 Å². The lowest BCUT2D eigenvalue weighted by atomic mass is 10.1. The summed E-state index contributed by atoms with van der Waals surface area (Å²) in [5.41, 5.74) is 0. The van der Waals surface area contributed by atoms with Gasteiger partial charge in [0.05, 0.1) is 6.54 Å². The van der Waals surface area contributed by atoms with Gasteiger partial charge >= 0.3 is 5.97 Å². The monoisotopic (exact) mass is 223 g/mol. The summed E-state index contributed by atoms with van der Waals surface area (Å²) in [6.45, 7) is 4.71. The van der Waals surface area contributed by atoms with Crippen LogP contribution in [0.2, 0.25) is 0 Å². The molecule has 1 aliphatic rings. The number of hydrogen-bond donors (Lipinski definition) is 1. The number of rotatable bonds is 4. The molecule has 0 saturated carbocycles. The summed E-state index contributed by atoms with van der Waals surface area (Å²) in [6.07, 6.45) is 4.44. The number of carbonyl (C=O) groups excluding carboxylic acids is 1. The summed E-state index contributed by atoms with van der Waals surface area (Å²) in [4.78, 5) is 11.4. The van der Waals surface area contributed by atoms with E-state index in [0.717, 1.165) is 13.0 Å². The van der Waals surface area contributed by atoms with Crippen LogP contribution in [0.3, 0.4) is 0 Å². The third-order valence-electron chi connectivity index (χ3n) is 2.68. The standard InChI is InChI=1S/C11H17N3O2/c1-8(7-14-5-3-4-12-14)13-10-6-9(2)16-11(10)15/h3-5,8-10,13H,6-7H2,1-2H3. The fourth-order valence-electron chi connectivity index (χ4n) is 1.98. The van der Waals surface area contributed by atoms with Crippen molar-refractivity contribution in [3.05, 3.63) is 18.5 Å². The summed E-state index contributed by atoms with van der Waals surface area (Å²) in [7, 11) is 0. The van der Waals surface area contributed by atoms with Crippen LogP contribution in [0.15, 0.2) is 18.5 Å². The predicted molar refractivity (Wildman–Crippen MR) is 58.8 cm³/mol. The number of ether oxygens (including phenoxy) is 1. The van der Waals surface area contributed by atoms with E-state index in [1.165, 1.54) is 0 Å². The summed E-state index contributed by atoms with van der Waals surface area (Å²) in [5.74, 6) is -0.139. The smallest absolute Gasteiger partial charge is 0.323 e. The van der Waals surface area contributed by atoms with E-state index in [0.29, 0.717) is 0 Å². The first-order valence-electron chi connectivity index (χ1n) is 5.59. The lowest BCUT2D eigenvalue weighted by Gasteiger charge is -2.16. The average Bonchev–Trinajstić information content (AvgIpc) is 2.78. The molecule has 0 aliphatic carbocycles. The van der Waals surface area contributed by atoms with E-state index < -0.39 is 0 Å². The van der Waals surface area contributed by atoms with Gasteiger partial charge in [-0.3, -0.25) is 14.8 Å². The van der Waals surface area contributed by atoms with E-state index in [4.69, 9.17) is 4.74 Å². The first kappa shape index (κ1) is 11.1. The molecule has 0 spiro atoms. The maximum absolute atomic E-state index is 11.4. The van der Waals surface area contributed by atoms with E-state index in [1.807, 2.05) is 30.8 Å². The molecule has 2 rings (SSSR count). The van der Waals surface area contributed by atoms with Crippen LogP contribution in [-0.2, 0) is 16.1 Å². The highest BCUT2D eigenvalue weighted by molar-refractivity contribution is 5.77. The molecule has 1 aliphatic heterocycles. The van der Waals surface area contributed by atoms with E-state index in [2.05, 4.69) is 10.4 Å². The Labute approximate surface area is 94.8 Å². The van der Waals surface area contributed by atoms with Gasteiger partial charge in [-0.05, 0) is 19.9 Å². The predicted octanol–water partition coefficient (Wildman–Crippen LogP) is 0.565. The molecule has 1 aromatic heterocycles. The Morgan fingerprint density at radius 3 is 3.12 bits per heavy atom. The maximum Gasteiger partial charge on any atom is 0.323 e. The van der Waals surface area contributed by atoms with Gasteiger partial charge in [-0.1, -0.05) is 0 Å². The normalized spacial score (nSPS) is 26.8. The summed E-state index contributed by atoms with van der Waals surface area (Å²) in [5, 5.41) is 7.39. The number of hydrogen-bond acceptors (Lipinski definition) is 4. The average molecular weight is 223 g/mol. The van der Waals surface area contributed by atoms with E-state index >= 15 is 0 Å². The molecule has 16 heavy (non-hydrogen) atoms. The van der Waals surface area contributed by atoms with Crippen molar-refractivity contribution in [2.24, 2.45) is 0 Å². The topological polar surface area (TPSA) is 56.1 Å². The SMILES string of the molecule is CC(Cn1cccn1)NC1CC(C)OC1=O. The molecule has 5 nitrogen and oxygen atoms in total. The molecule has 2 heterocycles. The molecule has 3 atom stereocenters. The second-order valence-electron chi connectivity index (χ2n) is 4.33. The fraction of sp³-hybridized carbons (Fsp3) is 0.636. The number of cyclic esters (lactones) is 1. The summed E-state index contributed by atoms with van der Waals surface area (Å²) in [6, 6.07) is 1.92. The number of carbonyl (C=O) groups is 1. The number of esters is 1. The molecule has 1 aromatic rings. The Kier molecular flexibility index (Phi) is 3.24. The van der Waals surface area contributed by atoms with Crippen LogP contribution in [0.4, 0.5) is 0 Å². The fourth-order valence-corrected chi connectivity index (χ4v) is 1.98. The Morgan fingerprint density at radius 2 is 2.56 bits per heavy atom. The second-order valence-corrected chi connectivity index (χ2v) is 4.33. The minimum Gasteiger partial charge on any atom is -0.461 e. The van der Waals surface area contributed by atoms with Gasteiger partial charge in [0.1, 0.15) is 12.1 Å². The highest BCUT2D eigenvalue weighted by Gasteiger charge is 2.32. The number of aromatic nitrogens is 2. The van der Waals surface area contributed by atoms with Gasteiger partial charge < -0.3 is 4.74 Å². The molecular formula is C11H17N3O2. The van der Waals surface area contributed by atoms with Crippen LogP contribution < -0.4 is 5.32 Å². The van der Waals surface area contributed by atoms with Crippen molar-refractivity contribution in [2.75, 3.05) is 0 Å². The number of nitrogens with one attached hydrogen (secondary N) is 1. The molecule has 0 bridgehead atoms. The lowest BCUT2D eigenvalue weighted by Crippen LogP contribution is -2.41. The molecule has 1 N–H and O–H groups in total. The van der Waals surface area contributed by atoms with Crippen LogP contribution in [-0.4, -0.2) is 33.9 Å². The third-order valence-corrected chi connectivity index (χ3v) is 2.68. The molecule has 88 valence electrons. The van der Waals surface area contributed by atoms with Crippen LogP contribution >= 0.6 is 0 Å². The van der Waals surface area contributed by atoms with Crippen molar-refractivity contribution in [3.8, 4) is 0 Å². The van der Waals surface area contributed by atoms with Gasteiger partial charge in [-0.2, -0.15) is 5.10 Å². The van der Waals surface area contributed by atoms with Gasteiger partial charge in [0.2, 0.25) is 0 Å². The van der Waals surface area contributed by atoms with Crippen molar-refractivity contribution in [3.63, 3.8) is 0 Å². The second kappa shape index (κ2) is 4.65. The zero-order valence-corrected chi connectivity index (χ0v) is 9.59. The van der Waals surface area contributed by atoms with E-state index in [-0.39, 0.29) is 24.2 Å². The Balaban J connectivity index is 1.83. The minimum absolute atomic E-state index is 0.0295. The molecule has 3 unspecified atom stereocenters. The van der Waals surface area contributed by atoms with Crippen LogP contribution in [0.25, 0.3) is 0 Å². The van der Waals surface area contributed by atoms with E-state index in [9.17, 15) is 4.79 Å². The quantitative estimate of drug-likeness (QED) is 0.758. The van der Waals surface area contributed by atoms with Crippen molar-refractivity contribution in [1.82, 2.24) is 15.1 Å². The van der Waals surface area contributed by atoms with Crippen molar-refractivity contribution in [2.45, 2.75) is 45.0 Å². The van der Waals surface area contributed by atoms with E-state index in [1.54, 1.807) is 6.20 Å². The Bertz CT molecular complexity index is 350. The first-order valence-corrected chi connectivity index (χ1v) is 5.59. The van der Waals surface area contributed by atoms with Crippen molar-refractivity contribution < 1.29 is 9.53 Å². The molecule has 0 amide bonds. The molecule has 1 fully saturated rings. The van der Waals surface area contributed by atoms with Gasteiger partial charge in [0, 0.05) is 24.9 Å². The van der Waals surface area contributed by atoms with Crippen LogP contribution in [0.1, 0.15) is 20.3 Å². The van der Waals surface area contributed by atoms with Crippen molar-refractivity contribution in [1.29, 1.82) is 0 Å². The highest BCUT2D eigenvalue weighted by Crippen LogP contribution is 2.14. The number of nitrogens with zero attached hydrogens (tertiary/aromatic N) is 2.